The number of nitrogens with zero attached hydrogens (tertiary/aromatic N) is 8. The lowest BCUT2D eigenvalue weighted by Gasteiger charge is -2.15. The van der Waals surface area contributed by atoms with Crippen LogP contribution in [0.5, 0.6) is 0 Å². The third-order valence-electron chi connectivity index (χ3n) is 4.43. The Morgan fingerprint density at radius 1 is 1.10 bits per heavy atom. The van der Waals surface area contributed by atoms with E-state index in [0.717, 1.165) is 16.1 Å². The van der Waals surface area contributed by atoms with Gasteiger partial charge < -0.3 is 5.32 Å². The molecule has 1 amide bonds. The van der Waals surface area contributed by atoms with Gasteiger partial charge in [-0.25, -0.2) is 24.0 Å². The molecule has 152 valence electrons. The second-order valence-electron chi connectivity index (χ2n) is 6.69. The Hall–Kier alpha value is -4.15. The molecule has 4 heterocycles. The number of carbonyl (C=O) groups is 1. The van der Waals surface area contributed by atoms with Gasteiger partial charge in [0.2, 0.25) is 5.91 Å². The van der Waals surface area contributed by atoms with Crippen molar-refractivity contribution >= 4 is 11.7 Å². The standard InChI is InChI=1S/C19H19N9O2/c1-12-9-13(2)27(24-12)16-5-6-18(29)28(25-16)14(3)19(30)23-15-10-17(21-11-20-15)26-8-4-7-22-26/h4-11,14H,1-3H3,(H,20,21,23,30). The van der Waals surface area contributed by atoms with Crippen LogP contribution in [0.4, 0.5) is 5.82 Å². The van der Waals surface area contributed by atoms with Crippen molar-refractivity contribution in [3.8, 4) is 11.6 Å². The summed E-state index contributed by atoms with van der Waals surface area (Å²) in [6.07, 6.45) is 4.67. The van der Waals surface area contributed by atoms with Crippen molar-refractivity contribution < 1.29 is 4.79 Å². The highest BCUT2D eigenvalue weighted by Crippen LogP contribution is 2.12. The summed E-state index contributed by atoms with van der Waals surface area (Å²) < 4.78 is 4.29. The van der Waals surface area contributed by atoms with Crippen LogP contribution in [-0.4, -0.2) is 45.2 Å². The average Bonchev–Trinajstić information content (AvgIpc) is 3.38. The molecular formula is C19H19N9O2. The van der Waals surface area contributed by atoms with Crippen LogP contribution < -0.4 is 10.9 Å². The van der Waals surface area contributed by atoms with E-state index >= 15 is 0 Å². The zero-order valence-electron chi connectivity index (χ0n) is 16.6. The number of carbonyl (C=O) groups excluding carboxylic acids is 1. The van der Waals surface area contributed by atoms with Crippen molar-refractivity contribution in [3.05, 3.63) is 70.8 Å². The maximum atomic E-state index is 12.8. The van der Waals surface area contributed by atoms with Gasteiger partial charge in [0.05, 0.1) is 5.69 Å². The molecule has 0 radical (unpaired) electrons. The van der Waals surface area contributed by atoms with E-state index in [-0.39, 0.29) is 5.82 Å². The highest BCUT2D eigenvalue weighted by Gasteiger charge is 2.19. The van der Waals surface area contributed by atoms with Gasteiger partial charge in [-0.1, -0.05) is 0 Å². The van der Waals surface area contributed by atoms with Gasteiger partial charge in [-0.05, 0) is 39.0 Å². The van der Waals surface area contributed by atoms with E-state index in [1.807, 2.05) is 19.9 Å². The molecule has 0 aromatic carbocycles. The van der Waals surface area contributed by atoms with Crippen LogP contribution >= 0.6 is 0 Å². The van der Waals surface area contributed by atoms with Gasteiger partial charge in [-0.3, -0.25) is 9.59 Å². The highest BCUT2D eigenvalue weighted by molar-refractivity contribution is 5.92. The zero-order valence-corrected chi connectivity index (χ0v) is 16.6. The van der Waals surface area contributed by atoms with Crippen LogP contribution in [0.15, 0.2) is 53.8 Å². The van der Waals surface area contributed by atoms with Crippen LogP contribution in [0.3, 0.4) is 0 Å². The van der Waals surface area contributed by atoms with Gasteiger partial charge in [-0.15, -0.1) is 5.10 Å². The van der Waals surface area contributed by atoms with Crippen LogP contribution in [0.2, 0.25) is 0 Å². The minimum Gasteiger partial charge on any atom is -0.309 e. The molecule has 1 unspecified atom stereocenters. The number of hydrogen-bond acceptors (Lipinski definition) is 7. The molecule has 0 fully saturated rings. The summed E-state index contributed by atoms with van der Waals surface area (Å²) >= 11 is 0. The SMILES string of the molecule is Cc1cc(C)n(-c2ccc(=O)n(C(C)C(=O)Nc3cc(-n4cccn4)ncn3)n2)n1. The number of nitrogens with one attached hydrogen (secondary N) is 1. The topological polar surface area (TPSA) is 125 Å². The molecule has 0 saturated heterocycles. The van der Waals surface area contributed by atoms with Gasteiger partial charge in [0.25, 0.3) is 5.56 Å². The zero-order chi connectivity index (χ0) is 21.3. The first kappa shape index (κ1) is 19.2. The normalized spacial score (nSPS) is 12.0. The van der Waals surface area contributed by atoms with Crippen LogP contribution in [-0.2, 0) is 4.79 Å². The summed E-state index contributed by atoms with van der Waals surface area (Å²) in [6, 6.07) is 7.31. The van der Waals surface area contributed by atoms with Gasteiger partial charge in [0, 0.05) is 30.2 Å². The van der Waals surface area contributed by atoms with E-state index in [1.165, 1.54) is 12.4 Å². The summed E-state index contributed by atoms with van der Waals surface area (Å²) in [4.78, 5) is 33.3. The molecule has 4 aromatic rings. The molecule has 0 bridgehead atoms. The van der Waals surface area contributed by atoms with Crippen molar-refractivity contribution in [2.75, 3.05) is 5.32 Å². The van der Waals surface area contributed by atoms with Crippen molar-refractivity contribution in [2.24, 2.45) is 0 Å². The fourth-order valence-electron chi connectivity index (χ4n) is 2.95. The molecule has 0 aliphatic carbocycles. The molecule has 0 spiro atoms. The molecule has 0 aliphatic rings. The maximum absolute atomic E-state index is 12.8. The Balaban J connectivity index is 1.59. The lowest BCUT2D eigenvalue weighted by atomic mass is 10.3. The summed E-state index contributed by atoms with van der Waals surface area (Å²) in [5.41, 5.74) is 1.30. The second-order valence-corrected chi connectivity index (χ2v) is 6.69. The maximum Gasteiger partial charge on any atom is 0.267 e. The largest absolute Gasteiger partial charge is 0.309 e. The van der Waals surface area contributed by atoms with E-state index in [2.05, 4.69) is 30.6 Å². The first-order chi connectivity index (χ1) is 14.4. The van der Waals surface area contributed by atoms with Crippen molar-refractivity contribution in [3.63, 3.8) is 0 Å². The quantitative estimate of drug-likeness (QED) is 0.529. The van der Waals surface area contributed by atoms with E-state index in [0.29, 0.717) is 11.6 Å². The van der Waals surface area contributed by atoms with Crippen LogP contribution in [0, 0.1) is 13.8 Å². The van der Waals surface area contributed by atoms with Crippen LogP contribution in [0.25, 0.3) is 11.6 Å². The molecule has 4 aromatic heterocycles. The second kappa shape index (κ2) is 7.70. The van der Waals surface area contributed by atoms with E-state index in [9.17, 15) is 9.59 Å². The Bertz CT molecular complexity index is 1260. The molecule has 30 heavy (non-hydrogen) atoms. The lowest BCUT2D eigenvalue weighted by molar-refractivity contribution is -0.119. The third kappa shape index (κ3) is 3.72. The number of amides is 1. The fourth-order valence-corrected chi connectivity index (χ4v) is 2.95. The minimum atomic E-state index is -0.877. The van der Waals surface area contributed by atoms with Crippen molar-refractivity contribution in [2.45, 2.75) is 26.8 Å². The average molecular weight is 405 g/mol. The summed E-state index contributed by atoms with van der Waals surface area (Å²) in [5.74, 6) is 0.790. The number of aromatic nitrogens is 8. The number of hydrogen-bond donors (Lipinski definition) is 1. The molecule has 4 rings (SSSR count). The Morgan fingerprint density at radius 2 is 1.93 bits per heavy atom. The van der Waals surface area contributed by atoms with Crippen molar-refractivity contribution in [1.29, 1.82) is 0 Å². The van der Waals surface area contributed by atoms with E-state index < -0.39 is 17.5 Å². The molecule has 0 aliphatic heterocycles. The molecule has 1 atom stereocenters. The molecule has 0 saturated carbocycles. The van der Waals surface area contributed by atoms with E-state index in [4.69, 9.17) is 0 Å². The Labute approximate surface area is 171 Å². The first-order valence-corrected chi connectivity index (χ1v) is 9.19. The molecule has 1 N–H and O–H groups in total. The third-order valence-corrected chi connectivity index (χ3v) is 4.43. The Kier molecular flexibility index (Phi) is 4.92. The number of anilines is 1. The van der Waals surface area contributed by atoms with Gasteiger partial charge >= 0.3 is 0 Å². The summed E-state index contributed by atoms with van der Waals surface area (Å²) in [5, 5.41) is 15.5. The predicted octanol–water partition coefficient (Wildman–Crippen LogP) is 1.22. The monoisotopic (exact) mass is 405 g/mol. The first-order valence-electron chi connectivity index (χ1n) is 9.19. The molecule has 11 nitrogen and oxygen atoms in total. The van der Waals surface area contributed by atoms with E-state index in [1.54, 1.807) is 46.9 Å². The smallest absolute Gasteiger partial charge is 0.267 e. The lowest BCUT2D eigenvalue weighted by Crippen LogP contribution is -2.34. The van der Waals surface area contributed by atoms with Crippen LogP contribution in [0.1, 0.15) is 24.4 Å². The molecular weight excluding hydrogens is 386 g/mol. The van der Waals surface area contributed by atoms with Gasteiger partial charge in [0.1, 0.15) is 18.2 Å². The number of rotatable bonds is 5. The minimum absolute atomic E-state index is 0.287. The fraction of sp³-hybridized carbons (Fsp3) is 0.211. The van der Waals surface area contributed by atoms with Gasteiger partial charge in [0.15, 0.2) is 11.6 Å². The van der Waals surface area contributed by atoms with Gasteiger partial charge in [-0.2, -0.15) is 10.2 Å². The highest BCUT2D eigenvalue weighted by atomic mass is 16.2. The summed E-state index contributed by atoms with van der Waals surface area (Å²) in [6.45, 7) is 5.35. The summed E-state index contributed by atoms with van der Waals surface area (Å²) in [7, 11) is 0. The van der Waals surface area contributed by atoms with Crippen molar-refractivity contribution in [1.82, 2.24) is 39.3 Å². The Morgan fingerprint density at radius 3 is 2.63 bits per heavy atom. The molecule has 11 heteroatoms. The number of aryl methyl sites for hydroxylation is 2. The predicted molar refractivity (Wildman–Crippen MR) is 108 cm³/mol.